The van der Waals surface area contributed by atoms with Crippen LogP contribution in [-0.2, 0) is 12.0 Å². The molecule has 0 atom stereocenters. The Kier molecular flexibility index (Phi) is 10.2. The van der Waals surface area contributed by atoms with Gasteiger partial charge in [0.2, 0.25) is 5.89 Å². The minimum atomic E-state index is -0.390. The molecule has 166 valence electrons. The summed E-state index contributed by atoms with van der Waals surface area (Å²) >= 11 is 0. The number of benzene rings is 1. The molecule has 2 aromatic rings. The van der Waals surface area contributed by atoms with Gasteiger partial charge >= 0.3 is 0 Å². The molecule has 0 radical (unpaired) electrons. The third-order valence-corrected chi connectivity index (χ3v) is 4.15. The van der Waals surface area contributed by atoms with E-state index < -0.39 is 5.82 Å². The van der Waals surface area contributed by atoms with Crippen LogP contribution in [0.4, 0.5) is 4.39 Å². The van der Waals surface area contributed by atoms with E-state index in [1.807, 2.05) is 6.92 Å². The number of rotatable bonds is 7. The highest BCUT2D eigenvalue weighted by molar-refractivity contribution is 14.0. The molecule has 3 N–H and O–H groups in total. The van der Waals surface area contributed by atoms with E-state index in [4.69, 9.17) is 4.42 Å². The van der Waals surface area contributed by atoms with Gasteiger partial charge in [0.15, 0.2) is 5.96 Å². The number of carbonyl (C=O) groups excluding carboxylic acids is 1. The maximum absolute atomic E-state index is 13.6. The van der Waals surface area contributed by atoms with Crippen molar-refractivity contribution in [3.63, 3.8) is 0 Å². The second-order valence-corrected chi connectivity index (χ2v) is 7.71. The number of aryl methyl sites for hydroxylation is 1. The molecule has 7 nitrogen and oxygen atoms in total. The summed E-state index contributed by atoms with van der Waals surface area (Å²) < 4.78 is 19.3. The quantitative estimate of drug-likeness (QED) is 0.220. The summed E-state index contributed by atoms with van der Waals surface area (Å²) in [6.07, 6.45) is 1.73. The van der Waals surface area contributed by atoms with Crippen LogP contribution < -0.4 is 16.0 Å². The molecule has 1 amide bonds. The van der Waals surface area contributed by atoms with Crippen LogP contribution in [0, 0.1) is 12.7 Å². The van der Waals surface area contributed by atoms with Gasteiger partial charge in [-0.1, -0.05) is 26.8 Å². The molecule has 1 aromatic carbocycles. The van der Waals surface area contributed by atoms with E-state index in [0.29, 0.717) is 49.2 Å². The van der Waals surface area contributed by atoms with E-state index in [-0.39, 0.29) is 35.3 Å². The van der Waals surface area contributed by atoms with Crippen molar-refractivity contribution >= 4 is 35.8 Å². The first-order chi connectivity index (χ1) is 13.7. The van der Waals surface area contributed by atoms with Crippen LogP contribution in [0.25, 0.3) is 0 Å². The van der Waals surface area contributed by atoms with Crippen LogP contribution in [0.3, 0.4) is 0 Å². The maximum atomic E-state index is 13.6. The Labute approximate surface area is 194 Å². The molecule has 30 heavy (non-hydrogen) atoms. The van der Waals surface area contributed by atoms with Crippen LogP contribution in [0.2, 0.25) is 0 Å². The second-order valence-electron chi connectivity index (χ2n) is 7.71. The first-order valence-electron chi connectivity index (χ1n) is 9.72. The third-order valence-electron chi connectivity index (χ3n) is 4.15. The Morgan fingerprint density at radius 3 is 2.50 bits per heavy atom. The Morgan fingerprint density at radius 1 is 1.20 bits per heavy atom. The molecule has 0 fully saturated rings. The highest BCUT2D eigenvalue weighted by atomic mass is 127. The Bertz CT molecular complexity index is 861. The van der Waals surface area contributed by atoms with Crippen LogP contribution in [0.5, 0.6) is 0 Å². The summed E-state index contributed by atoms with van der Waals surface area (Å²) in [6, 6.07) is 4.44. The molecular formula is C21H31FIN5O2. The number of nitrogens with one attached hydrogen (secondary N) is 3. The molecule has 0 aliphatic carbocycles. The van der Waals surface area contributed by atoms with Gasteiger partial charge in [0.05, 0.1) is 6.20 Å². The number of oxazole rings is 1. The highest BCUT2D eigenvalue weighted by Crippen LogP contribution is 2.22. The number of halogens is 2. The lowest BCUT2D eigenvalue weighted by molar-refractivity contribution is 0.0954. The zero-order valence-electron chi connectivity index (χ0n) is 18.1. The zero-order valence-corrected chi connectivity index (χ0v) is 20.5. The van der Waals surface area contributed by atoms with Crippen LogP contribution in [0.15, 0.2) is 33.8 Å². The van der Waals surface area contributed by atoms with Gasteiger partial charge in [-0.3, -0.25) is 4.79 Å². The van der Waals surface area contributed by atoms with Crippen molar-refractivity contribution in [2.24, 2.45) is 4.99 Å². The van der Waals surface area contributed by atoms with E-state index in [2.05, 4.69) is 46.7 Å². The highest BCUT2D eigenvalue weighted by Gasteiger charge is 2.19. The van der Waals surface area contributed by atoms with Gasteiger partial charge in [-0.25, -0.2) is 14.4 Å². The fourth-order valence-corrected chi connectivity index (χ4v) is 2.41. The fraction of sp³-hybridized carbons (Fsp3) is 0.476. The van der Waals surface area contributed by atoms with E-state index in [1.54, 1.807) is 25.3 Å². The van der Waals surface area contributed by atoms with Crippen molar-refractivity contribution in [1.29, 1.82) is 0 Å². The average Bonchev–Trinajstić information content (AvgIpc) is 3.14. The molecule has 0 spiro atoms. The number of aliphatic imine (C=N–C) groups is 1. The minimum Gasteiger partial charge on any atom is -0.443 e. The lowest BCUT2D eigenvalue weighted by Gasteiger charge is -2.13. The van der Waals surface area contributed by atoms with Gasteiger partial charge < -0.3 is 20.4 Å². The van der Waals surface area contributed by atoms with Gasteiger partial charge in [-0.05, 0) is 31.5 Å². The molecule has 0 unspecified atom stereocenters. The van der Waals surface area contributed by atoms with Gasteiger partial charge in [0, 0.05) is 30.6 Å². The van der Waals surface area contributed by atoms with Crippen molar-refractivity contribution < 1.29 is 13.6 Å². The summed E-state index contributed by atoms with van der Waals surface area (Å²) in [5.41, 5.74) is 0.707. The summed E-state index contributed by atoms with van der Waals surface area (Å²) in [4.78, 5) is 20.8. The van der Waals surface area contributed by atoms with Crippen molar-refractivity contribution in [3.05, 3.63) is 53.0 Å². The maximum Gasteiger partial charge on any atom is 0.251 e. The molecule has 0 aliphatic heterocycles. The molecular weight excluding hydrogens is 500 g/mol. The Hall–Kier alpha value is -2.17. The molecule has 0 saturated heterocycles. The first-order valence-corrected chi connectivity index (χ1v) is 9.72. The largest absolute Gasteiger partial charge is 0.443 e. The summed E-state index contributed by atoms with van der Waals surface area (Å²) in [7, 11) is 0. The van der Waals surface area contributed by atoms with Crippen LogP contribution in [-0.4, -0.2) is 36.5 Å². The summed E-state index contributed by atoms with van der Waals surface area (Å²) in [5, 5.41) is 9.02. The fourth-order valence-electron chi connectivity index (χ4n) is 2.41. The molecule has 0 bridgehead atoms. The normalized spacial score (nSPS) is 11.6. The van der Waals surface area contributed by atoms with Gasteiger partial charge in [-0.2, -0.15) is 0 Å². The van der Waals surface area contributed by atoms with Crippen molar-refractivity contribution in [3.8, 4) is 0 Å². The lowest BCUT2D eigenvalue weighted by atomic mass is 9.94. The topological polar surface area (TPSA) is 91.6 Å². The number of hydrogen-bond donors (Lipinski definition) is 3. The first kappa shape index (κ1) is 25.9. The van der Waals surface area contributed by atoms with E-state index in [1.165, 1.54) is 6.07 Å². The Morgan fingerprint density at radius 2 is 1.90 bits per heavy atom. The van der Waals surface area contributed by atoms with E-state index >= 15 is 0 Å². The molecule has 9 heteroatoms. The number of carbonyl (C=O) groups is 1. The number of hydrogen-bond acceptors (Lipinski definition) is 4. The molecule has 1 aromatic heterocycles. The van der Waals surface area contributed by atoms with Crippen LogP contribution >= 0.6 is 24.0 Å². The van der Waals surface area contributed by atoms with Crippen molar-refractivity contribution in [2.45, 2.75) is 46.6 Å². The standard InChI is InChI=1S/C21H30FN5O2.HI/c1-6-23-20(27-13-18-26-12-17(29-18)21(3,4)5)25-10-9-24-19(28)15-8-7-14(2)16(22)11-15;/h7-8,11-12H,6,9-10,13H2,1-5H3,(H,24,28)(H2,23,25,27);1H. The van der Waals surface area contributed by atoms with E-state index in [9.17, 15) is 9.18 Å². The number of amides is 1. The molecule has 0 aliphatic rings. The predicted molar refractivity (Wildman–Crippen MR) is 127 cm³/mol. The monoisotopic (exact) mass is 531 g/mol. The number of nitrogens with zero attached hydrogens (tertiary/aromatic N) is 2. The number of aromatic nitrogens is 1. The second kappa shape index (κ2) is 11.9. The molecule has 1 heterocycles. The lowest BCUT2D eigenvalue weighted by Crippen LogP contribution is -2.41. The molecule has 2 rings (SSSR count). The third kappa shape index (κ3) is 7.92. The molecule has 0 saturated carbocycles. The van der Waals surface area contributed by atoms with E-state index in [0.717, 1.165) is 5.76 Å². The SMILES string of the molecule is CCNC(=NCc1ncc(C(C)(C)C)o1)NCCNC(=O)c1ccc(C)c(F)c1.I. The van der Waals surface area contributed by atoms with Gasteiger partial charge in [-0.15, -0.1) is 24.0 Å². The average molecular weight is 531 g/mol. The zero-order chi connectivity index (χ0) is 21.4. The van der Waals surface area contributed by atoms with Gasteiger partial charge in [0.25, 0.3) is 5.91 Å². The Balaban J connectivity index is 0.00000450. The minimum absolute atomic E-state index is 0. The van der Waals surface area contributed by atoms with Crippen LogP contribution in [0.1, 0.15) is 55.3 Å². The number of guanidine groups is 1. The summed E-state index contributed by atoms with van der Waals surface area (Å²) in [5.74, 6) is 1.25. The van der Waals surface area contributed by atoms with Crippen molar-refractivity contribution in [1.82, 2.24) is 20.9 Å². The smallest absolute Gasteiger partial charge is 0.251 e. The van der Waals surface area contributed by atoms with Crippen molar-refractivity contribution in [2.75, 3.05) is 19.6 Å². The van der Waals surface area contributed by atoms with Gasteiger partial charge in [0.1, 0.15) is 18.1 Å². The summed E-state index contributed by atoms with van der Waals surface area (Å²) in [6.45, 7) is 11.6. The predicted octanol–water partition coefficient (Wildman–Crippen LogP) is 3.52.